The Morgan fingerprint density at radius 3 is 2.44 bits per heavy atom. The van der Waals surface area contributed by atoms with Crippen LogP contribution in [0.5, 0.6) is 0 Å². The number of hydrogen-bond donors (Lipinski definition) is 1. The molecule has 0 heterocycles. The number of Topliss-reactive ketones (excluding diaryl/α,β-unsaturated/α-hetero) is 1. The van der Waals surface area contributed by atoms with E-state index in [1.807, 2.05) is 0 Å². The minimum absolute atomic E-state index is 0.0394. The van der Waals surface area contributed by atoms with Crippen molar-refractivity contribution in [3.63, 3.8) is 0 Å². The molecule has 52 valence electrons. The van der Waals surface area contributed by atoms with Crippen LogP contribution in [0, 0.1) is 0 Å². The van der Waals surface area contributed by atoms with Crippen molar-refractivity contribution >= 4 is 11.5 Å². The number of ether oxygens (including phenoxy) is 1. The Bertz CT molecular complexity index is 130. The van der Waals surface area contributed by atoms with E-state index in [-0.39, 0.29) is 18.1 Å². The molecule has 0 amide bonds. The highest BCUT2D eigenvalue weighted by Gasteiger charge is 2.03. The van der Waals surface area contributed by atoms with Crippen molar-refractivity contribution in [1.29, 1.82) is 0 Å². The molecule has 0 rings (SSSR count). The van der Waals surface area contributed by atoms with Crippen LogP contribution in [-0.4, -0.2) is 30.4 Å². The highest BCUT2D eigenvalue weighted by atomic mass is 16.5. The molecular formula is C5H9NO3. The van der Waals surface area contributed by atoms with Crippen molar-refractivity contribution in [2.24, 2.45) is 5.16 Å². The fourth-order valence-corrected chi connectivity index (χ4v) is 0.338. The number of carbonyl (C=O) groups excluding carboxylic acids is 1. The van der Waals surface area contributed by atoms with Gasteiger partial charge in [0.25, 0.3) is 0 Å². The molecule has 4 heteroatoms. The number of oxime groups is 1. The molecule has 9 heavy (non-hydrogen) atoms. The Balaban J connectivity index is 3.85. The zero-order chi connectivity index (χ0) is 7.28. The van der Waals surface area contributed by atoms with Crippen LogP contribution in [0.15, 0.2) is 5.16 Å². The SMILES string of the molecule is COC/C(=N/O)C(C)=O. The summed E-state index contributed by atoms with van der Waals surface area (Å²) in [7, 11) is 1.42. The largest absolute Gasteiger partial charge is 0.410 e. The molecule has 0 aromatic rings. The topological polar surface area (TPSA) is 58.9 Å². The van der Waals surface area contributed by atoms with Gasteiger partial charge < -0.3 is 9.94 Å². The summed E-state index contributed by atoms with van der Waals surface area (Å²) in [6.45, 7) is 1.37. The molecule has 0 spiro atoms. The third kappa shape index (κ3) is 2.81. The quantitative estimate of drug-likeness (QED) is 0.334. The van der Waals surface area contributed by atoms with E-state index >= 15 is 0 Å². The van der Waals surface area contributed by atoms with E-state index in [0.717, 1.165) is 0 Å². The predicted molar refractivity (Wildman–Crippen MR) is 31.8 cm³/mol. The van der Waals surface area contributed by atoms with Crippen LogP contribution in [0.3, 0.4) is 0 Å². The number of nitrogens with zero attached hydrogens (tertiary/aromatic N) is 1. The Hall–Kier alpha value is -0.900. The molecule has 0 bridgehead atoms. The first-order chi connectivity index (χ1) is 4.22. The summed E-state index contributed by atoms with van der Waals surface area (Å²) in [6, 6.07) is 0. The summed E-state index contributed by atoms with van der Waals surface area (Å²) < 4.78 is 4.54. The molecule has 0 aliphatic carbocycles. The highest BCUT2D eigenvalue weighted by Crippen LogP contribution is 1.80. The first-order valence-electron chi connectivity index (χ1n) is 2.43. The molecule has 0 aliphatic rings. The minimum atomic E-state index is -0.278. The second-order valence-electron chi connectivity index (χ2n) is 1.54. The highest BCUT2D eigenvalue weighted by molar-refractivity contribution is 6.39. The standard InChI is InChI=1S/C5H9NO3/c1-4(7)5(6-8)3-9-2/h8H,3H2,1-2H3/b6-5-. The molecule has 0 fully saturated rings. The predicted octanol–water partition coefficient (Wildman–Crippen LogP) is 0.0520. The second-order valence-corrected chi connectivity index (χ2v) is 1.54. The molecule has 0 saturated carbocycles. The second kappa shape index (κ2) is 4.03. The monoisotopic (exact) mass is 131 g/mol. The van der Waals surface area contributed by atoms with Gasteiger partial charge in [0.1, 0.15) is 5.71 Å². The summed E-state index contributed by atoms with van der Waals surface area (Å²) >= 11 is 0. The molecule has 0 radical (unpaired) electrons. The van der Waals surface area contributed by atoms with Crippen LogP contribution < -0.4 is 0 Å². The third-order valence-corrected chi connectivity index (χ3v) is 0.808. The Morgan fingerprint density at radius 1 is 1.78 bits per heavy atom. The van der Waals surface area contributed by atoms with Crippen molar-refractivity contribution in [2.75, 3.05) is 13.7 Å². The number of ketones is 1. The van der Waals surface area contributed by atoms with E-state index in [1.165, 1.54) is 14.0 Å². The molecule has 0 saturated heterocycles. The maximum atomic E-state index is 10.4. The number of methoxy groups -OCH3 is 1. The van der Waals surface area contributed by atoms with E-state index < -0.39 is 0 Å². The summed E-state index contributed by atoms with van der Waals surface area (Å²) in [5.74, 6) is -0.278. The molecule has 4 nitrogen and oxygen atoms in total. The zero-order valence-electron chi connectivity index (χ0n) is 5.42. The number of hydrogen-bond acceptors (Lipinski definition) is 4. The van der Waals surface area contributed by atoms with Crippen molar-refractivity contribution in [2.45, 2.75) is 6.92 Å². The van der Waals surface area contributed by atoms with Gasteiger partial charge in [-0.05, 0) is 0 Å². The van der Waals surface area contributed by atoms with Gasteiger partial charge in [-0.1, -0.05) is 5.16 Å². The van der Waals surface area contributed by atoms with Crippen LogP contribution in [0.4, 0.5) is 0 Å². The van der Waals surface area contributed by atoms with Gasteiger partial charge in [-0.3, -0.25) is 4.79 Å². The normalized spacial score (nSPS) is 11.6. The van der Waals surface area contributed by atoms with Crippen LogP contribution >= 0.6 is 0 Å². The fourth-order valence-electron chi connectivity index (χ4n) is 0.338. The maximum Gasteiger partial charge on any atom is 0.179 e. The lowest BCUT2D eigenvalue weighted by molar-refractivity contribution is -0.111. The molecule has 1 N–H and O–H groups in total. The Kier molecular flexibility index (Phi) is 3.62. The average Bonchev–Trinajstić information content (AvgIpc) is 1.82. The van der Waals surface area contributed by atoms with E-state index in [4.69, 9.17) is 5.21 Å². The lowest BCUT2D eigenvalue weighted by atomic mass is 10.3. The Labute approximate surface area is 53.1 Å². The lowest BCUT2D eigenvalue weighted by Gasteiger charge is -1.94. The van der Waals surface area contributed by atoms with Crippen LogP contribution in [0.25, 0.3) is 0 Å². The first-order valence-corrected chi connectivity index (χ1v) is 2.43. The van der Waals surface area contributed by atoms with Crippen molar-refractivity contribution in [1.82, 2.24) is 0 Å². The molecular weight excluding hydrogens is 122 g/mol. The fraction of sp³-hybridized carbons (Fsp3) is 0.600. The van der Waals surface area contributed by atoms with Crippen molar-refractivity contribution in [3.05, 3.63) is 0 Å². The minimum Gasteiger partial charge on any atom is -0.410 e. The van der Waals surface area contributed by atoms with Crippen LogP contribution in [0.2, 0.25) is 0 Å². The maximum absolute atomic E-state index is 10.4. The van der Waals surface area contributed by atoms with Crippen molar-refractivity contribution < 1.29 is 14.7 Å². The smallest absolute Gasteiger partial charge is 0.179 e. The van der Waals surface area contributed by atoms with Crippen LogP contribution in [-0.2, 0) is 9.53 Å². The van der Waals surface area contributed by atoms with Gasteiger partial charge in [0.05, 0.1) is 6.61 Å². The summed E-state index contributed by atoms with van der Waals surface area (Å²) in [6.07, 6.45) is 0. The van der Waals surface area contributed by atoms with Crippen molar-refractivity contribution in [3.8, 4) is 0 Å². The van der Waals surface area contributed by atoms with E-state index in [9.17, 15) is 4.79 Å². The van der Waals surface area contributed by atoms with Gasteiger partial charge >= 0.3 is 0 Å². The molecule has 0 unspecified atom stereocenters. The lowest BCUT2D eigenvalue weighted by Crippen LogP contribution is -2.15. The van der Waals surface area contributed by atoms with Gasteiger partial charge in [-0.25, -0.2) is 0 Å². The van der Waals surface area contributed by atoms with E-state index in [2.05, 4.69) is 9.89 Å². The van der Waals surface area contributed by atoms with Gasteiger partial charge in [-0.2, -0.15) is 0 Å². The summed E-state index contributed by atoms with van der Waals surface area (Å²) in [5.41, 5.74) is 0.0394. The number of carbonyl (C=O) groups is 1. The summed E-state index contributed by atoms with van der Waals surface area (Å²) in [5, 5.41) is 10.8. The molecule has 0 atom stereocenters. The van der Waals surface area contributed by atoms with Gasteiger partial charge in [0.2, 0.25) is 0 Å². The Morgan fingerprint density at radius 2 is 2.33 bits per heavy atom. The zero-order valence-corrected chi connectivity index (χ0v) is 5.42. The summed E-state index contributed by atoms with van der Waals surface area (Å²) in [4.78, 5) is 10.4. The van der Waals surface area contributed by atoms with Gasteiger partial charge in [0, 0.05) is 14.0 Å². The van der Waals surface area contributed by atoms with E-state index in [0.29, 0.717) is 0 Å². The van der Waals surface area contributed by atoms with E-state index in [1.54, 1.807) is 0 Å². The molecule has 0 aliphatic heterocycles. The average molecular weight is 131 g/mol. The van der Waals surface area contributed by atoms with Gasteiger partial charge in [0.15, 0.2) is 5.78 Å². The molecule has 0 aromatic heterocycles. The van der Waals surface area contributed by atoms with Gasteiger partial charge in [-0.15, -0.1) is 0 Å². The first kappa shape index (κ1) is 8.10. The number of rotatable bonds is 3. The third-order valence-electron chi connectivity index (χ3n) is 0.808. The molecule has 0 aromatic carbocycles. The van der Waals surface area contributed by atoms with Crippen LogP contribution in [0.1, 0.15) is 6.92 Å².